The molecule has 156 valence electrons. The van der Waals surface area contributed by atoms with Gasteiger partial charge in [0.15, 0.2) is 15.5 Å². The summed E-state index contributed by atoms with van der Waals surface area (Å²) in [4.78, 5) is 37.3. The summed E-state index contributed by atoms with van der Waals surface area (Å²) in [6.07, 6.45) is 0.455. The second kappa shape index (κ2) is 8.32. The molecule has 1 fully saturated rings. The van der Waals surface area contributed by atoms with Crippen LogP contribution in [0.25, 0.3) is 10.8 Å². The van der Waals surface area contributed by atoms with Crippen LogP contribution in [0.2, 0.25) is 0 Å². The van der Waals surface area contributed by atoms with Crippen LogP contribution in [0.4, 0.5) is 0 Å². The number of amides is 2. The van der Waals surface area contributed by atoms with Crippen LogP contribution < -0.4 is 16.4 Å². The minimum atomic E-state index is -3.07. The van der Waals surface area contributed by atoms with Crippen LogP contribution >= 0.6 is 0 Å². The van der Waals surface area contributed by atoms with Gasteiger partial charge in [-0.2, -0.15) is 5.10 Å². The summed E-state index contributed by atoms with van der Waals surface area (Å²) in [6, 6.07) is 6.67. The number of rotatable bonds is 5. The number of sulfone groups is 1. The van der Waals surface area contributed by atoms with E-state index in [1.807, 2.05) is 13.8 Å². The lowest BCUT2D eigenvalue weighted by Crippen LogP contribution is -2.43. The molecule has 1 aliphatic rings. The zero-order chi connectivity index (χ0) is 21.2. The number of fused-ring (bicyclic) bond motifs is 1. The highest BCUT2D eigenvalue weighted by molar-refractivity contribution is 7.91. The summed E-state index contributed by atoms with van der Waals surface area (Å²) < 4.78 is 24.2. The predicted molar refractivity (Wildman–Crippen MR) is 108 cm³/mol. The zero-order valence-electron chi connectivity index (χ0n) is 16.3. The van der Waals surface area contributed by atoms with Crippen LogP contribution in [0.15, 0.2) is 29.1 Å². The largest absolute Gasteiger partial charge is 0.290 e. The lowest BCUT2D eigenvalue weighted by atomic mass is 10.1. The Morgan fingerprint density at radius 2 is 1.90 bits per heavy atom. The highest BCUT2D eigenvalue weighted by atomic mass is 32.2. The molecule has 2 aromatic rings. The Labute approximate surface area is 168 Å². The first-order valence-electron chi connectivity index (χ1n) is 9.46. The van der Waals surface area contributed by atoms with Crippen molar-refractivity contribution in [3.63, 3.8) is 0 Å². The molecule has 1 aromatic heterocycles. The summed E-state index contributed by atoms with van der Waals surface area (Å²) in [5, 5.41) is 4.97. The molecule has 0 spiro atoms. The maximum Gasteiger partial charge on any atom is 0.290 e. The first-order chi connectivity index (χ1) is 13.7. The molecule has 0 aliphatic carbocycles. The summed E-state index contributed by atoms with van der Waals surface area (Å²) >= 11 is 0. The molecule has 1 atom stereocenters. The molecular formula is C19H24N4O5S. The molecule has 2 N–H and O–H groups in total. The van der Waals surface area contributed by atoms with Crippen molar-refractivity contribution in [1.29, 1.82) is 0 Å². The predicted octanol–water partition coefficient (Wildman–Crippen LogP) is 0.638. The first-order valence-corrected chi connectivity index (χ1v) is 11.3. The third-order valence-corrected chi connectivity index (χ3v) is 6.57. The van der Waals surface area contributed by atoms with Gasteiger partial charge in [0.05, 0.1) is 16.9 Å². The molecule has 1 saturated heterocycles. The molecule has 29 heavy (non-hydrogen) atoms. The van der Waals surface area contributed by atoms with Gasteiger partial charge in [0.25, 0.3) is 11.5 Å². The highest BCUT2D eigenvalue weighted by Crippen LogP contribution is 2.21. The van der Waals surface area contributed by atoms with Crippen molar-refractivity contribution in [2.75, 3.05) is 11.5 Å². The maximum absolute atomic E-state index is 12.7. The van der Waals surface area contributed by atoms with Crippen LogP contribution in [-0.4, -0.2) is 41.5 Å². The van der Waals surface area contributed by atoms with Crippen LogP contribution in [0.5, 0.6) is 0 Å². The molecule has 2 amide bonds. The van der Waals surface area contributed by atoms with E-state index in [9.17, 15) is 22.8 Å². The second-order valence-electron chi connectivity index (χ2n) is 7.75. The topological polar surface area (TPSA) is 127 Å². The van der Waals surface area contributed by atoms with Gasteiger partial charge in [-0.25, -0.2) is 13.1 Å². The highest BCUT2D eigenvalue weighted by Gasteiger charge is 2.29. The van der Waals surface area contributed by atoms with E-state index in [0.717, 1.165) is 0 Å². The third-order valence-electron chi connectivity index (χ3n) is 4.74. The minimum Gasteiger partial charge on any atom is -0.273 e. The van der Waals surface area contributed by atoms with Gasteiger partial charge in [-0.05, 0) is 24.3 Å². The van der Waals surface area contributed by atoms with Gasteiger partial charge in [0.1, 0.15) is 0 Å². The number of nitrogens with zero attached hydrogens (tertiary/aromatic N) is 2. The van der Waals surface area contributed by atoms with E-state index in [1.165, 1.54) is 4.68 Å². The van der Waals surface area contributed by atoms with Gasteiger partial charge >= 0.3 is 0 Å². The van der Waals surface area contributed by atoms with Gasteiger partial charge in [-0.15, -0.1) is 0 Å². The average Bonchev–Trinajstić information content (AvgIpc) is 3.00. The molecule has 0 saturated carbocycles. The Bertz CT molecular complexity index is 1110. The normalized spacial score (nSPS) is 18.1. The summed E-state index contributed by atoms with van der Waals surface area (Å²) in [6.45, 7) is 4.23. The zero-order valence-corrected chi connectivity index (χ0v) is 17.2. The number of carbonyl (C=O) groups is 2. The van der Waals surface area contributed by atoms with E-state index in [-0.39, 0.29) is 41.0 Å². The molecule has 2 heterocycles. The second-order valence-corrected chi connectivity index (χ2v) is 9.98. The number of hydrazine groups is 1. The Hall–Kier alpha value is -2.75. The van der Waals surface area contributed by atoms with E-state index in [0.29, 0.717) is 23.7 Å². The summed E-state index contributed by atoms with van der Waals surface area (Å²) in [5.74, 6) is -1.14. The van der Waals surface area contributed by atoms with Crippen molar-refractivity contribution in [3.8, 4) is 0 Å². The van der Waals surface area contributed by atoms with Gasteiger partial charge in [-0.1, -0.05) is 32.0 Å². The van der Waals surface area contributed by atoms with Gasteiger partial charge in [0.2, 0.25) is 5.91 Å². The van der Waals surface area contributed by atoms with Crippen molar-refractivity contribution >= 4 is 32.4 Å². The fourth-order valence-corrected chi connectivity index (χ4v) is 5.27. The molecule has 0 unspecified atom stereocenters. The molecule has 10 heteroatoms. The van der Waals surface area contributed by atoms with Crippen molar-refractivity contribution in [3.05, 3.63) is 40.3 Å². The maximum atomic E-state index is 12.7. The van der Waals surface area contributed by atoms with Crippen LogP contribution in [0.1, 0.15) is 37.2 Å². The van der Waals surface area contributed by atoms with Crippen LogP contribution in [0.3, 0.4) is 0 Å². The Morgan fingerprint density at radius 1 is 1.21 bits per heavy atom. The van der Waals surface area contributed by atoms with Crippen LogP contribution in [-0.2, 0) is 21.2 Å². The van der Waals surface area contributed by atoms with Crippen molar-refractivity contribution in [2.24, 2.45) is 11.8 Å². The first kappa shape index (κ1) is 21.0. The SMILES string of the molecule is CC(C)Cn1nc(C(=O)NNC(=O)C[C@@H]2CCS(=O)(=O)C2)c2ccccc2c1=O. The molecule has 9 nitrogen and oxygen atoms in total. The number of nitrogens with one attached hydrogen (secondary N) is 2. The molecular weight excluding hydrogens is 396 g/mol. The van der Waals surface area contributed by atoms with Crippen molar-refractivity contribution in [2.45, 2.75) is 33.2 Å². The van der Waals surface area contributed by atoms with Gasteiger partial charge in [-0.3, -0.25) is 25.2 Å². The Morgan fingerprint density at radius 3 is 2.52 bits per heavy atom. The number of carbonyl (C=O) groups excluding carboxylic acids is 2. The van der Waals surface area contributed by atoms with E-state index in [1.54, 1.807) is 24.3 Å². The number of benzene rings is 1. The third kappa shape index (κ3) is 5.00. The van der Waals surface area contributed by atoms with Crippen molar-refractivity contribution in [1.82, 2.24) is 20.6 Å². The molecule has 1 aliphatic heterocycles. The smallest absolute Gasteiger partial charge is 0.273 e. The average molecular weight is 420 g/mol. The molecule has 0 bridgehead atoms. The minimum absolute atomic E-state index is 0.0132. The summed E-state index contributed by atoms with van der Waals surface area (Å²) in [5.41, 5.74) is 4.39. The fraction of sp³-hybridized carbons (Fsp3) is 0.474. The van der Waals surface area contributed by atoms with Crippen LogP contribution in [0, 0.1) is 11.8 Å². The number of hydrogen-bond donors (Lipinski definition) is 2. The lowest BCUT2D eigenvalue weighted by molar-refractivity contribution is -0.122. The van der Waals surface area contributed by atoms with E-state index < -0.39 is 21.7 Å². The molecule has 3 rings (SSSR count). The molecule has 1 aromatic carbocycles. The Kier molecular flexibility index (Phi) is 6.02. The van der Waals surface area contributed by atoms with Gasteiger partial charge < -0.3 is 0 Å². The van der Waals surface area contributed by atoms with Crippen molar-refractivity contribution < 1.29 is 18.0 Å². The van der Waals surface area contributed by atoms with E-state index in [2.05, 4.69) is 16.0 Å². The Balaban J connectivity index is 1.75. The quantitative estimate of drug-likeness (QED) is 0.684. The van der Waals surface area contributed by atoms with E-state index >= 15 is 0 Å². The number of aromatic nitrogens is 2. The lowest BCUT2D eigenvalue weighted by Gasteiger charge is -2.13. The fourth-order valence-electron chi connectivity index (χ4n) is 3.40. The van der Waals surface area contributed by atoms with Gasteiger partial charge in [0, 0.05) is 18.4 Å². The number of hydrogen-bond acceptors (Lipinski definition) is 6. The molecule has 0 radical (unpaired) electrons. The standard InChI is InChI=1S/C19H24N4O5S/c1-12(2)10-23-19(26)15-6-4-3-5-14(15)17(22-23)18(25)21-20-16(24)9-13-7-8-29(27,28)11-13/h3-6,12-13H,7-11H2,1-2H3,(H,20,24)(H,21,25)/t13-/m0/s1. The monoisotopic (exact) mass is 420 g/mol. The summed E-state index contributed by atoms with van der Waals surface area (Å²) in [7, 11) is -3.07. The van der Waals surface area contributed by atoms with E-state index in [4.69, 9.17) is 0 Å².